The average Bonchev–Trinajstić information content (AvgIpc) is 3.16. The summed E-state index contributed by atoms with van der Waals surface area (Å²) < 4.78 is 3.33. The molecule has 3 aromatic rings. The number of benzene rings is 1. The molecule has 1 N–H and O–H groups in total. The fraction of sp³-hybridized carbons (Fsp3) is 0.294. The molecule has 130 valence electrons. The fourth-order valence-electron chi connectivity index (χ4n) is 2.46. The van der Waals surface area contributed by atoms with E-state index in [1.54, 1.807) is 28.1 Å². The minimum Gasteiger partial charge on any atom is -0.293 e. The maximum absolute atomic E-state index is 12.3. The van der Waals surface area contributed by atoms with E-state index >= 15 is 0 Å². The van der Waals surface area contributed by atoms with Gasteiger partial charge in [0.2, 0.25) is 11.9 Å². The van der Waals surface area contributed by atoms with Gasteiger partial charge in [-0.15, -0.1) is 5.10 Å². The van der Waals surface area contributed by atoms with Gasteiger partial charge in [-0.1, -0.05) is 48.4 Å². The summed E-state index contributed by atoms with van der Waals surface area (Å²) in [5.74, 6) is -0.164. The van der Waals surface area contributed by atoms with E-state index in [9.17, 15) is 4.79 Å². The molecule has 1 aromatic carbocycles. The lowest BCUT2D eigenvalue weighted by atomic mass is 10.1. The third kappa shape index (κ3) is 4.67. The topological polar surface area (TPSA) is 77.6 Å². The van der Waals surface area contributed by atoms with Gasteiger partial charge in [-0.25, -0.2) is 9.67 Å². The second kappa shape index (κ2) is 7.48. The van der Waals surface area contributed by atoms with Crippen LogP contribution in [0.1, 0.15) is 18.1 Å². The first-order valence-corrected chi connectivity index (χ1v) is 8.31. The molecule has 0 spiro atoms. The van der Waals surface area contributed by atoms with Crippen LogP contribution in [-0.2, 0) is 17.9 Å². The van der Waals surface area contributed by atoms with Crippen LogP contribution in [0.5, 0.6) is 0 Å². The highest BCUT2D eigenvalue weighted by Crippen LogP contribution is 2.10. The van der Waals surface area contributed by atoms with E-state index in [1.165, 1.54) is 5.56 Å². The number of anilines is 1. The Bertz CT molecular complexity index is 871. The van der Waals surface area contributed by atoms with Gasteiger partial charge in [-0.05, 0) is 12.5 Å². The lowest BCUT2D eigenvalue weighted by Gasteiger charge is -2.10. The van der Waals surface area contributed by atoms with Gasteiger partial charge in [0.25, 0.3) is 0 Å². The maximum atomic E-state index is 12.3. The van der Waals surface area contributed by atoms with E-state index in [1.807, 2.05) is 32.0 Å². The van der Waals surface area contributed by atoms with Crippen LogP contribution in [0.4, 0.5) is 5.95 Å². The van der Waals surface area contributed by atoms with Gasteiger partial charge in [0.1, 0.15) is 6.33 Å². The Morgan fingerprint density at radius 1 is 1.36 bits per heavy atom. The summed E-state index contributed by atoms with van der Waals surface area (Å²) in [5.41, 5.74) is 2.32. The van der Waals surface area contributed by atoms with E-state index in [0.717, 1.165) is 5.56 Å². The van der Waals surface area contributed by atoms with Crippen LogP contribution in [0.3, 0.4) is 0 Å². The first kappa shape index (κ1) is 17.2. The molecular weight excluding hydrogens is 340 g/mol. The summed E-state index contributed by atoms with van der Waals surface area (Å²) in [7, 11) is 0. The van der Waals surface area contributed by atoms with Crippen LogP contribution in [-0.4, -0.2) is 30.5 Å². The fourth-order valence-corrected chi connectivity index (χ4v) is 2.62. The van der Waals surface area contributed by atoms with Crippen molar-refractivity contribution in [2.75, 3.05) is 5.32 Å². The van der Waals surface area contributed by atoms with Crippen LogP contribution in [0.15, 0.2) is 43.0 Å². The van der Waals surface area contributed by atoms with Gasteiger partial charge in [0.15, 0.2) is 0 Å². The van der Waals surface area contributed by atoms with Crippen molar-refractivity contribution in [2.45, 2.75) is 26.9 Å². The normalized spacial score (nSPS) is 12.1. The Hall–Kier alpha value is -2.67. The van der Waals surface area contributed by atoms with E-state index < -0.39 is 0 Å². The molecule has 0 saturated heterocycles. The number of rotatable bonds is 6. The molecule has 25 heavy (non-hydrogen) atoms. The van der Waals surface area contributed by atoms with Crippen LogP contribution in [0.2, 0.25) is 5.02 Å². The Labute approximate surface area is 150 Å². The lowest BCUT2D eigenvalue weighted by molar-refractivity contribution is -0.119. The molecule has 8 heteroatoms. The van der Waals surface area contributed by atoms with Crippen molar-refractivity contribution in [3.05, 3.63) is 59.1 Å². The first-order valence-electron chi connectivity index (χ1n) is 7.93. The largest absolute Gasteiger partial charge is 0.293 e. The lowest BCUT2D eigenvalue weighted by Crippen LogP contribution is -2.25. The van der Waals surface area contributed by atoms with E-state index in [-0.39, 0.29) is 11.8 Å². The molecule has 1 unspecified atom stereocenters. The first-order chi connectivity index (χ1) is 12.0. The molecule has 0 aliphatic carbocycles. The van der Waals surface area contributed by atoms with Gasteiger partial charge >= 0.3 is 0 Å². The minimum absolute atomic E-state index is 0.167. The minimum atomic E-state index is -0.292. The second-order valence-corrected chi connectivity index (χ2v) is 6.46. The highest BCUT2D eigenvalue weighted by Gasteiger charge is 2.16. The van der Waals surface area contributed by atoms with Crippen molar-refractivity contribution in [1.29, 1.82) is 0 Å². The Kier molecular flexibility index (Phi) is 5.14. The van der Waals surface area contributed by atoms with Gasteiger partial charge in [0, 0.05) is 6.20 Å². The van der Waals surface area contributed by atoms with Crippen molar-refractivity contribution in [3.8, 4) is 0 Å². The highest BCUT2D eigenvalue weighted by atomic mass is 35.5. The van der Waals surface area contributed by atoms with Crippen LogP contribution < -0.4 is 5.32 Å². The molecule has 1 atom stereocenters. The second-order valence-electron chi connectivity index (χ2n) is 6.03. The van der Waals surface area contributed by atoms with Crippen LogP contribution in [0.25, 0.3) is 0 Å². The molecule has 2 heterocycles. The predicted octanol–water partition coefficient (Wildman–Crippen LogP) is 2.76. The van der Waals surface area contributed by atoms with Crippen molar-refractivity contribution < 1.29 is 4.79 Å². The summed E-state index contributed by atoms with van der Waals surface area (Å²) >= 11 is 5.83. The molecule has 0 aliphatic heterocycles. The smallest absolute Gasteiger partial charge is 0.248 e. The van der Waals surface area contributed by atoms with Gasteiger partial charge < -0.3 is 0 Å². The number of aryl methyl sites for hydroxylation is 1. The molecule has 0 saturated carbocycles. The molecule has 0 bridgehead atoms. The zero-order valence-corrected chi connectivity index (χ0v) is 14.8. The summed E-state index contributed by atoms with van der Waals surface area (Å²) in [6.45, 7) is 4.90. The van der Waals surface area contributed by atoms with E-state index in [0.29, 0.717) is 24.1 Å². The predicted molar refractivity (Wildman–Crippen MR) is 95.3 cm³/mol. The number of amides is 1. The number of hydrogen-bond donors (Lipinski definition) is 1. The van der Waals surface area contributed by atoms with Crippen molar-refractivity contribution in [3.63, 3.8) is 0 Å². The van der Waals surface area contributed by atoms with Gasteiger partial charge in [0.05, 0.1) is 30.2 Å². The standard InChI is InChI=1S/C17H19ClN6O/c1-12-4-3-5-14(6-12)9-24-11-19-17(22-24)21-16(25)13(2)8-23-10-15(18)7-20-23/h3-7,10-11,13H,8-9H2,1-2H3,(H,21,22,25). The molecular formula is C17H19ClN6O. The Morgan fingerprint density at radius 2 is 2.20 bits per heavy atom. The quantitative estimate of drug-likeness (QED) is 0.735. The number of hydrogen-bond acceptors (Lipinski definition) is 4. The molecule has 0 aliphatic rings. The Morgan fingerprint density at radius 3 is 2.92 bits per heavy atom. The average molecular weight is 359 g/mol. The molecule has 0 fully saturated rings. The van der Waals surface area contributed by atoms with Gasteiger partial charge in [-0.3, -0.25) is 14.8 Å². The number of nitrogens with zero attached hydrogens (tertiary/aromatic N) is 5. The molecule has 7 nitrogen and oxygen atoms in total. The summed E-state index contributed by atoms with van der Waals surface area (Å²) in [6.07, 6.45) is 4.83. The number of aromatic nitrogens is 5. The molecule has 1 amide bonds. The summed E-state index contributed by atoms with van der Waals surface area (Å²) in [6, 6.07) is 8.18. The number of nitrogens with one attached hydrogen (secondary N) is 1. The van der Waals surface area contributed by atoms with Crippen LogP contribution in [0, 0.1) is 12.8 Å². The molecule has 2 aromatic heterocycles. The Balaban J connectivity index is 1.57. The number of carbonyl (C=O) groups is 1. The van der Waals surface area contributed by atoms with E-state index in [4.69, 9.17) is 11.6 Å². The SMILES string of the molecule is Cc1cccc(Cn2cnc(NC(=O)C(C)Cn3cc(Cl)cn3)n2)c1. The third-order valence-corrected chi connectivity index (χ3v) is 3.90. The van der Waals surface area contributed by atoms with Crippen LogP contribution >= 0.6 is 11.6 Å². The zero-order chi connectivity index (χ0) is 17.8. The molecule has 3 rings (SSSR count). The maximum Gasteiger partial charge on any atom is 0.248 e. The van der Waals surface area contributed by atoms with Gasteiger partial charge in [-0.2, -0.15) is 5.10 Å². The van der Waals surface area contributed by atoms with Crippen molar-refractivity contribution >= 4 is 23.5 Å². The van der Waals surface area contributed by atoms with E-state index in [2.05, 4.69) is 26.6 Å². The highest BCUT2D eigenvalue weighted by molar-refractivity contribution is 6.30. The number of halogens is 1. The third-order valence-electron chi connectivity index (χ3n) is 3.71. The molecule has 0 radical (unpaired) electrons. The summed E-state index contributed by atoms with van der Waals surface area (Å²) in [5, 5.41) is 11.6. The number of carbonyl (C=O) groups excluding carboxylic acids is 1. The van der Waals surface area contributed by atoms with Crippen molar-refractivity contribution in [1.82, 2.24) is 24.5 Å². The monoisotopic (exact) mass is 358 g/mol. The summed E-state index contributed by atoms with van der Waals surface area (Å²) in [4.78, 5) is 16.4. The van der Waals surface area contributed by atoms with Crippen molar-refractivity contribution in [2.24, 2.45) is 5.92 Å². The zero-order valence-electron chi connectivity index (χ0n) is 14.1.